The van der Waals surface area contributed by atoms with Gasteiger partial charge in [0.05, 0.1) is 10.5 Å². The standard InChI is InChI=1S/C22H19N3O3/c1-15-9-11-16(12-10-15)14-24-21(17-5-4-6-18(13-17)25(27)28)23-20-8-3-2-7-19(20)22(24)26/h2-13,21,23H,14H2,1H3/t21-/m1/s1. The van der Waals surface area contributed by atoms with E-state index in [4.69, 9.17) is 0 Å². The van der Waals surface area contributed by atoms with Gasteiger partial charge < -0.3 is 10.2 Å². The zero-order valence-corrected chi connectivity index (χ0v) is 15.3. The molecule has 28 heavy (non-hydrogen) atoms. The molecule has 140 valence electrons. The molecule has 0 bridgehead atoms. The maximum absolute atomic E-state index is 13.2. The highest BCUT2D eigenvalue weighted by Crippen LogP contribution is 2.35. The molecule has 1 aliphatic rings. The fourth-order valence-electron chi connectivity index (χ4n) is 3.42. The Morgan fingerprint density at radius 1 is 1.04 bits per heavy atom. The molecule has 0 saturated heterocycles. The molecule has 0 spiro atoms. The summed E-state index contributed by atoms with van der Waals surface area (Å²) in [6.07, 6.45) is -0.497. The van der Waals surface area contributed by atoms with Crippen molar-refractivity contribution in [1.82, 2.24) is 4.90 Å². The third kappa shape index (κ3) is 3.32. The molecular formula is C22H19N3O3. The number of hydrogen-bond donors (Lipinski definition) is 1. The highest BCUT2D eigenvalue weighted by Gasteiger charge is 2.33. The average Bonchev–Trinajstić information content (AvgIpc) is 2.71. The summed E-state index contributed by atoms with van der Waals surface area (Å²) in [5.74, 6) is -0.105. The van der Waals surface area contributed by atoms with Gasteiger partial charge in [-0.25, -0.2) is 0 Å². The number of amides is 1. The van der Waals surface area contributed by atoms with Gasteiger partial charge in [-0.1, -0.05) is 54.1 Å². The summed E-state index contributed by atoms with van der Waals surface area (Å²) in [4.78, 5) is 25.7. The fraction of sp³-hybridized carbons (Fsp3) is 0.136. The molecule has 3 aromatic carbocycles. The van der Waals surface area contributed by atoms with Crippen LogP contribution in [0.2, 0.25) is 0 Å². The predicted octanol–water partition coefficient (Wildman–Crippen LogP) is 4.67. The molecule has 0 aliphatic carbocycles. The van der Waals surface area contributed by atoms with Crippen LogP contribution in [0.5, 0.6) is 0 Å². The maximum atomic E-state index is 13.2. The first-order valence-electron chi connectivity index (χ1n) is 8.99. The number of nitro groups is 1. The van der Waals surface area contributed by atoms with Gasteiger partial charge in [0, 0.05) is 29.9 Å². The Balaban J connectivity index is 1.76. The number of para-hydroxylation sites is 1. The smallest absolute Gasteiger partial charge is 0.269 e. The molecule has 3 aromatic rings. The van der Waals surface area contributed by atoms with Gasteiger partial charge in [0.15, 0.2) is 0 Å². The lowest BCUT2D eigenvalue weighted by Crippen LogP contribution is -2.42. The van der Waals surface area contributed by atoms with E-state index < -0.39 is 11.1 Å². The topological polar surface area (TPSA) is 75.5 Å². The van der Waals surface area contributed by atoms with Crippen LogP contribution >= 0.6 is 0 Å². The Kier molecular flexibility index (Phi) is 4.53. The van der Waals surface area contributed by atoms with E-state index in [1.165, 1.54) is 12.1 Å². The van der Waals surface area contributed by atoms with Gasteiger partial charge in [0.1, 0.15) is 6.17 Å². The number of nitrogens with zero attached hydrogens (tertiary/aromatic N) is 2. The Bertz CT molecular complexity index is 1050. The fourth-order valence-corrected chi connectivity index (χ4v) is 3.42. The van der Waals surface area contributed by atoms with E-state index in [0.717, 1.165) is 16.8 Å². The number of rotatable bonds is 4. The number of aryl methyl sites for hydroxylation is 1. The SMILES string of the molecule is Cc1ccc(CN2C(=O)c3ccccc3N[C@H]2c2cccc([N+](=O)[O-])c2)cc1. The molecule has 1 amide bonds. The minimum atomic E-state index is -0.497. The van der Waals surface area contributed by atoms with Gasteiger partial charge >= 0.3 is 0 Å². The maximum Gasteiger partial charge on any atom is 0.269 e. The van der Waals surface area contributed by atoms with Crippen molar-refractivity contribution in [1.29, 1.82) is 0 Å². The Labute approximate surface area is 162 Å². The lowest BCUT2D eigenvalue weighted by atomic mass is 10.0. The van der Waals surface area contributed by atoms with Crippen LogP contribution in [0.1, 0.15) is 33.2 Å². The average molecular weight is 373 g/mol. The monoisotopic (exact) mass is 373 g/mol. The van der Waals surface area contributed by atoms with Crippen LogP contribution in [-0.4, -0.2) is 15.7 Å². The first kappa shape index (κ1) is 17.7. The van der Waals surface area contributed by atoms with Gasteiger partial charge in [0.2, 0.25) is 0 Å². The molecule has 0 radical (unpaired) electrons. The summed E-state index contributed by atoms with van der Waals surface area (Å²) in [6, 6.07) is 21.7. The summed E-state index contributed by atoms with van der Waals surface area (Å²) in [5.41, 5.74) is 4.13. The van der Waals surface area contributed by atoms with E-state index in [1.54, 1.807) is 23.1 Å². The predicted molar refractivity (Wildman–Crippen MR) is 107 cm³/mol. The van der Waals surface area contributed by atoms with Crippen molar-refractivity contribution in [3.05, 3.63) is 105 Å². The quantitative estimate of drug-likeness (QED) is 0.533. The van der Waals surface area contributed by atoms with E-state index in [2.05, 4.69) is 5.32 Å². The first-order chi connectivity index (χ1) is 13.5. The molecule has 1 atom stereocenters. The minimum absolute atomic E-state index is 0.000827. The molecule has 4 rings (SSSR count). The van der Waals surface area contributed by atoms with Crippen molar-refractivity contribution in [2.45, 2.75) is 19.6 Å². The van der Waals surface area contributed by atoms with E-state index >= 15 is 0 Å². The number of fused-ring (bicyclic) bond motifs is 1. The summed E-state index contributed by atoms with van der Waals surface area (Å²) in [7, 11) is 0. The molecule has 0 aromatic heterocycles. The van der Waals surface area contributed by atoms with Gasteiger partial charge in [-0.2, -0.15) is 0 Å². The number of benzene rings is 3. The van der Waals surface area contributed by atoms with Crippen LogP contribution < -0.4 is 5.32 Å². The molecule has 0 unspecified atom stereocenters. The van der Waals surface area contributed by atoms with Crippen LogP contribution in [0.3, 0.4) is 0 Å². The summed E-state index contributed by atoms with van der Waals surface area (Å²) < 4.78 is 0. The van der Waals surface area contributed by atoms with Crippen LogP contribution in [0.15, 0.2) is 72.8 Å². The van der Waals surface area contributed by atoms with E-state index in [9.17, 15) is 14.9 Å². The summed E-state index contributed by atoms with van der Waals surface area (Å²) >= 11 is 0. The zero-order valence-electron chi connectivity index (χ0n) is 15.3. The molecule has 0 saturated carbocycles. The Morgan fingerprint density at radius 3 is 2.54 bits per heavy atom. The Morgan fingerprint density at radius 2 is 1.79 bits per heavy atom. The summed E-state index contributed by atoms with van der Waals surface area (Å²) in [6.45, 7) is 2.41. The largest absolute Gasteiger partial charge is 0.361 e. The van der Waals surface area contributed by atoms with Crippen LogP contribution in [-0.2, 0) is 6.54 Å². The Hall–Kier alpha value is -3.67. The first-order valence-corrected chi connectivity index (χ1v) is 8.99. The third-order valence-corrected chi connectivity index (χ3v) is 4.89. The number of carbonyl (C=O) groups is 1. The number of carbonyl (C=O) groups excluding carboxylic acids is 1. The highest BCUT2D eigenvalue weighted by atomic mass is 16.6. The second-order valence-corrected chi connectivity index (χ2v) is 6.86. The van der Waals surface area contributed by atoms with Gasteiger partial charge in [-0.3, -0.25) is 14.9 Å². The molecule has 1 heterocycles. The number of non-ortho nitro benzene ring substituents is 1. The molecule has 6 heteroatoms. The highest BCUT2D eigenvalue weighted by molar-refractivity contribution is 6.01. The number of anilines is 1. The lowest BCUT2D eigenvalue weighted by molar-refractivity contribution is -0.384. The van der Waals surface area contributed by atoms with Crippen LogP contribution in [0.25, 0.3) is 0 Å². The summed E-state index contributed by atoms with van der Waals surface area (Å²) in [5, 5.41) is 14.6. The molecular weight excluding hydrogens is 354 g/mol. The van der Waals surface area contributed by atoms with Gasteiger partial charge in [-0.15, -0.1) is 0 Å². The molecule has 1 N–H and O–H groups in total. The van der Waals surface area contributed by atoms with E-state index in [1.807, 2.05) is 49.4 Å². The third-order valence-electron chi connectivity index (χ3n) is 4.89. The number of nitrogens with one attached hydrogen (secondary N) is 1. The zero-order chi connectivity index (χ0) is 19.7. The number of hydrogen-bond acceptors (Lipinski definition) is 4. The van der Waals surface area contributed by atoms with Crippen molar-refractivity contribution in [3.8, 4) is 0 Å². The molecule has 0 fully saturated rings. The van der Waals surface area contributed by atoms with E-state index in [-0.39, 0.29) is 11.6 Å². The van der Waals surface area contributed by atoms with Crippen molar-refractivity contribution >= 4 is 17.3 Å². The molecule has 6 nitrogen and oxygen atoms in total. The normalized spacial score (nSPS) is 15.7. The van der Waals surface area contributed by atoms with Crippen molar-refractivity contribution in [3.63, 3.8) is 0 Å². The second kappa shape index (κ2) is 7.15. The van der Waals surface area contributed by atoms with E-state index in [0.29, 0.717) is 17.7 Å². The van der Waals surface area contributed by atoms with Gasteiger partial charge in [0.25, 0.3) is 11.6 Å². The second-order valence-electron chi connectivity index (χ2n) is 6.86. The van der Waals surface area contributed by atoms with Crippen molar-refractivity contribution < 1.29 is 9.72 Å². The van der Waals surface area contributed by atoms with Crippen molar-refractivity contribution in [2.24, 2.45) is 0 Å². The van der Waals surface area contributed by atoms with Gasteiger partial charge in [-0.05, 0) is 24.6 Å². The lowest BCUT2D eigenvalue weighted by Gasteiger charge is -2.38. The van der Waals surface area contributed by atoms with Crippen molar-refractivity contribution in [2.75, 3.05) is 5.32 Å². The van der Waals surface area contributed by atoms with Crippen LogP contribution in [0, 0.1) is 17.0 Å². The number of nitro benzene ring substituents is 1. The van der Waals surface area contributed by atoms with Crippen LogP contribution in [0.4, 0.5) is 11.4 Å². The molecule has 1 aliphatic heterocycles. The minimum Gasteiger partial charge on any atom is -0.361 e.